The van der Waals surface area contributed by atoms with Gasteiger partial charge in [0.2, 0.25) is 0 Å². The summed E-state index contributed by atoms with van der Waals surface area (Å²) < 4.78 is 11.4. The van der Waals surface area contributed by atoms with Crippen molar-refractivity contribution in [2.75, 3.05) is 6.61 Å². The van der Waals surface area contributed by atoms with Crippen molar-refractivity contribution in [3.8, 4) is 0 Å². The number of hydrogen-bond donors (Lipinski definition) is 1. The fourth-order valence-corrected chi connectivity index (χ4v) is 3.99. The Balaban J connectivity index is 1.49. The van der Waals surface area contributed by atoms with Crippen molar-refractivity contribution < 1.29 is 14.3 Å². The number of carbonyl (C=O) groups excluding carboxylic acids is 1. The summed E-state index contributed by atoms with van der Waals surface area (Å²) in [7, 11) is 0. The lowest BCUT2D eigenvalue weighted by Gasteiger charge is -2.43. The number of benzene rings is 2. The highest BCUT2D eigenvalue weighted by atomic mass is 16.6. The van der Waals surface area contributed by atoms with Crippen LogP contribution in [0, 0.1) is 0 Å². The Morgan fingerprint density at radius 3 is 2.14 bits per heavy atom. The molecular weight excluding hydrogens is 350 g/mol. The zero-order chi connectivity index (χ0) is 19.8. The summed E-state index contributed by atoms with van der Waals surface area (Å²) in [5.41, 5.74) is 2.62. The SMILES string of the molecule is CC(C)(C)OC(=O)NC1(c2ccc(C3(Cc4ccccc4)CO3)cc2)CCC1. The van der Waals surface area contributed by atoms with Crippen LogP contribution in [0.5, 0.6) is 0 Å². The molecule has 0 radical (unpaired) electrons. The summed E-state index contributed by atoms with van der Waals surface area (Å²) in [4.78, 5) is 12.3. The van der Waals surface area contributed by atoms with Gasteiger partial charge in [0.15, 0.2) is 0 Å². The van der Waals surface area contributed by atoms with Gasteiger partial charge in [-0.25, -0.2) is 4.79 Å². The number of rotatable bonds is 5. The molecule has 1 aliphatic heterocycles. The quantitative estimate of drug-likeness (QED) is 0.739. The van der Waals surface area contributed by atoms with Crippen LogP contribution in [-0.2, 0) is 27.0 Å². The molecule has 1 unspecified atom stereocenters. The van der Waals surface area contributed by atoms with Gasteiger partial charge in [0.1, 0.15) is 11.2 Å². The molecule has 0 bridgehead atoms. The molecule has 2 aromatic carbocycles. The molecule has 1 saturated carbocycles. The molecule has 2 aliphatic rings. The minimum absolute atomic E-state index is 0.203. The average Bonchev–Trinajstić information content (AvgIpc) is 3.38. The van der Waals surface area contributed by atoms with E-state index in [1.165, 1.54) is 11.1 Å². The first kappa shape index (κ1) is 19.0. The number of ether oxygens (including phenoxy) is 2. The molecule has 28 heavy (non-hydrogen) atoms. The van der Waals surface area contributed by atoms with Crippen LogP contribution in [-0.4, -0.2) is 18.3 Å². The van der Waals surface area contributed by atoms with Gasteiger partial charge in [-0.2, -0.15) is 0 Å². The molecule has 4 rings (SSSR count). The average molecular weight is 380 g/mol. The van der Waals surface area contributed by atoms with Crippen LogP contribution in [0.4, 0.5) is 4.79 Å². The highest BCUT2D eigenvalue weighted by Gasteiger charge is 2.47. The van der Waals surface area contributed by atoms with Crippen molar-refractivity contribution in [3.63, 3.8) is 0 Å². The molecule has 2 fully saturated rings. The third-order valence-corrected chi connectivity index (χ3v) is 5.74. The van der Waals surface area contributed by atoms with Crippen molar-refractivity contribution in [3.05, 3.63) is 71.3 Å². The number of alkyl carbamates (subject to hydrolysis) is 1. The van der Waals surface area contributed by atoms with E-state index >= 15 is 0 Å². The van der Waals surface area contributed by atoms with Crippen molar-refractivity contribution in [2.45, 2.75) is 63.2 Å². The van der Waals surface area contributed by atoms with E-state index in [0.29, 0.717) is 0 Å². The van der Waals surface area contributed by atoms with E-state index in [1.807, 2.05) is 26.8 Å². The van der Waals surface area contributed by atoms with Crippen molar-refractivity contribution in [2.24, 2.45) is 0 Å². The largest absolute Gasteiger partial charge is 0.444 e. The van der Waals surface area contributed by atoms with Crippen LogP contribution in [0.25, 0.3) is 0 Å². The molecule has 1 aliphatic carbocycles. The first-order chi connectivity index (χ1) is 13.3. The fraction of sp³-hybridized carbons (Fsp3) is 0.458. The van der Waals surface area contributed by atoms with Gasteiger partial charge in [-0.1, -0.05) is 54.6 Å². The van der Waals surface area contributed by atoms with Gasteiger partial charge < -0.3 is 14.8 Å². The Morgan fingerprint density at radius 2 is 1.64 bits per heavy atom. The third kappa shape index (κ3) is 3.93. The van der Waals surface area contributed by atoms with Gasteiger partial charge in [0.25, 0.3) is 0 Å². The summed E-state index contributed by atoms with van der Waals surface area (Å²) in [6.07, 6.45) is 3.53. The lowest BCUT2D eigenvalue weighted by atomic mass is 9.71. The first-order valence-electron chi connectivity index (χ1n) is 10.1. The zero-order valence-electron chi connectivity index (χ0n) is 17.0. The number of amides is 1. The Kier molecular flexibility index (Phi) is 4.70. The fourth-order valence-electron chi connectivity index (χ4n) is 3.99. The maximum absolute atomic E-state index is 12.3. The molecule has 148 valence electrons. The molecule has 4 heteroatoms. The summed E-state index contributed by atoms with van der Waals surface area (Å²) in [6.45, 7) is 6.41. The molecule has 0 aromatic heterocycles. The van der Waals surface area contributed by atoms with Gasteiger partial charge in [0.05, 0.1) is 12.1 Å². The van der Waals surface area contributed by atoms with Crippen LogP contribution >= 0.6 is 0 Å². The number of nitrogens with one attached hydrogen (secondary N) is 1. The molecule has 1 heterocycles. The predicted octanol–water partition coefficient (Wildman–Crippen LogP) is 5.06. The number of epoxide rings is 1. The standard InChI is InChI=1S/C24H29NO3/c1-22(2,3)28-21(26)25-23(14-7-15-23)19-10-12-20(13-11-19)24(17-27-24)16-18-8-5-4-6-9-18/h4-6,8-13H,7,14-17H2,1-3H3,(H,25,26). The van der Waals surface area contributed by atoms with Crippen molar-refractivity contribution >= 4 is 6.09 Å². The summed E-state index contributed by atoms with van der Waals surface area (Å²) in [6, 6.07) is 19.0. The van der Waals surface area contributed by atoms with Gasteiger partial charge >= 0.3 is 6.09 Å². The highest BCUT2D eigenvalue weighted by Crippen LogP contribution is 2.45. The highest BCUT2D eigenvalue weighted by molar-refractivity contribution is 5.69. The van der Waals surface area contributed by atoms with E-state index in [2.05, 4.69) is 53.8 Å². The Morgan fingerprint density at radius 1 is 1.04 bits per heavy atom. The van der Waals surface area contributed by atoms with Crippen molar-refractivity contribution in [1.82, 2.24) is 5.32 Å². The second kappa shape index (κ2) is 6.93. The van der Waals surface area contributed by atoms with Gasteiger partial charge in [-0.3, -0.25) is 0 Å². The normalized spacial score (nSPS) is 22.8. The summed E-state index contributed by atoms with van der Waals surface area (Å²) in [5.74, 6) is 0. The Bertz CT molecular complexity index is 828. The monoisotopic (exact) mass is 379 g/mol. The molecule has 1 amide bonds. The van der Waals surface area contributed by atoms with E-state index in [4.69, 9.17) is 9.47 Å². The number of carbonyl (C=O) groups is 1. The maximum atomic E-state index is 12.3. The Labute approximate surface area is 167 Å². The lowest BCUT2D eigenvalue weighted by Crippen LogP contribution is -2.52. The number of hydrogen-bond acceptors (Lipinski definition) is 3. The second-order valence-electron chi connectivity index (χ2n) is 9.09. The molecule has 4 nitrogen and oxygen atoms in total. The zero-order valence-corrected chi connectivity index (χ0v) is 17.0. The minimum Gasteiger partial charge on any atom is -0.444 e. The first-order valence-corrected chi connectivity index (χ1v) is 10.1. The minimum atomic E-state index is -0.494. The van der Waals surface area contributed by atoms with Crippen molar-refractivity contribution in [1.29, 1.82) is 0 Å². The molecule has 1 saturated heterocycles. The Hall–Kier alpha value is -2.33. The molecule has 1 atom stereocenters. The van der Waals surface area contributed by atoms with Gasteiger partial charge in [0, 0.05) is 6.42 Å². The predicted molar refractivity (Wildman–Crippen MR) is 109 cm³/mol. The molecular formula is C24H29NO3. The van der Waals surface area contributed by atoms with E-state index < -0.39 is 5.60 Å². The van der Waals surface area contributed by atoms with Crippen LogP contribution in [0.15, 0.2) is 54.6 Å². The maximum Gasteiger partial charge on any atom is 0.408 e. The molecule has 2 aromatic rings. The van der Waals surface area contributed by atoms with E-state index in [0.717, 1.165) is 37.9 Å². The smallest absolute Gasteiger partial charge is 0.408 e. The van der Waals surface area contributed by atoms with E-state index in [9.17, 15) is 4.79 Å². The van der Waals surface area contributed by atoms with Crippen LogP contribution in [0.1, 0.15) is 56.7 Å². The lowest BCUT2D eigenvalue weighted by molar-refractivity contribution is 0.0377. The van der Waals surface area contributed by atoms with E-state index in [1.54, 1.807) is 0 Å². The van der Waals surface area contributed by atoms with Crippen LogP contribution in [0.2, 0.25) is 0 Å². The van der Waals surface area contributed by atoms with Crippen LogP contribution in [0.3, 0.4) is 0 Å². The second-order valence-corrected chi connectivity index (χ2v) is 9.09. The van der Waals surface area contributed by atoms with E-state index in [-0.39, 0.29) is 17.2 Å². The summed E-state index contributed by atoms with van der Waals surface area (Å²) >= 11 is 0. The molecule has 0 spiro atoms. The third-order valence-electron chi connectivity index (χ3n) is 5.74. The van der Waals surface area contributed by atoms with Crippen LogP contribution < -0.4 is 5.32 Å². The van der Waals surface area contributed by atoms with Gasteiger partial charge in [-0.05, 0) is 56.7 Å². The van der Waals surface area contributed by atoms with Gasteiger partial charge in [-0.15, -0.1) is 0 Å². The summed E-state index contributed by atoms with van der Waals surface area (Å²) in [5, 5.41) is 3.12. The topological polar surface area (TPSA) is 50.9 Å². The molecule has 1 N–H and O–H groups in total.